The zero-order chi connectivity index (χ0) is 23.6. The molecule has 0 bridgehead atoms. The Morgan fingerprint density at radius 3 is 2.36 bits per heavy atom. The van der Waals surface area contributed by atoms with Crippen LogP contribution in [-0.4, -0.2) is 24.1 Å². The van der Waals surface area contributed by atoms with E-state index in [1.807, 2.05) is 11.5 Å². The summed E-state index contributed by atoms with van der Waals surface area (Å²) in [4.78, 5) is 0. The van der Waals surface area contributed by atoms with Crippen LogP contribution in [0.5, 0.6) is 5.75 Å². The van der Waals surface area contributed by atoms with Crippen LogP contribution in [0.15, 0.2) is 42.5 Å². The molecule has 176 valence electrons. The molecule has 0 unspecified atom stereocenters. The highest BCUT2D eigenvalue weighted by atomic mass is 32.2. The van der Waals surface area contributed by atoms with Gasteiger partial charge in [-0.05, 0) is 56.4 Å². The normalized spacial score (nSPS) is 17.8. The van der Waals surface area contributed by atoms with Crippen LogP contribution in [-0.2, 0) is 10.0 Å². The standard InChI is InChI=1S/C23H24F3N3O3S/c1-2-22(11-12-22)33(30,31)28-15-5-3-14(4-6-15)21-20(27)18-10-9-17(32-23(24,25)26)13-19(18)29(21)16-7-8-16/h3-6,9-10,13,16,28H,2,7-8,11-12,27H2,1H3. The van der Waals surface area contributed by atoms with Crippen LogP contribution in [0.2, 0.25) is 0 Å². The van der Waals surface area contributed by atoms with E-state index in [1.54, 1.807) is 24.3 Å². The van der Waals surface area contributed by atoms with Crippen molar-refractivity contribution in [3.05, 3.63) is 42.5 Å². The number of aromatic nitrogens is 1. The van der Waals surface area contributed by atoms with Gasteiger partial charge in [0.05, 0.1) is 21.6 Å². The molecule has 3 aromatic rings. The molecule has 2 aliphatic carbocycles. The van der Waals surface area contributed by atoms with E-state index in [0.29, 0.717) is 47.2 Å². The molecule has 0 atom stereocenters. The number of anilines is 2. The summed E-state index contributed by atoms with van der Waals surface area (Å²) in [6.45, 7) is 1.87. The molecule has 0 spiro atoms. The first kappa shape index (κ1) is 21.9. The first-order valence-electron chi connectivity index (χ1n) is 10.9. The molecule has 2 aliphatic rings. The lowest BCUT2D eigenvalue weighted by atomic mass is 10.1. The minimum Gasteiger partial charge on any atom is -0.406 e. The van der Waals surface area contributed by atoms with E-state index in [-0.39, 0.29) is 11.8 Å². The summed E-state index contributed by atoms with van der Waals surface area (Å²) in [5, 5.41) is 0.648. The predicted molar refractivity (Wildman–Crippen MR) is 122 cm³/mol. The van der Waals surface area contributed by atoms with Gasteiger partial charge in [-0.3, -0.25) is 4.72 Å². The van der Waals surface area contributed by atoms with Crippen molar-refractivity contribution in [1.29, 1.82) is 0 Å². The van der Waals surface area contributed by atoms with Gasteiger partial charge >= 0.3 is 6.36 Å². The van der Waals surface area contributed by atoms with E-state index in [0.717, 1.165) is 18.4 Å². The topological polar surface area (TPSA) is 86.3 Å². The lowest BCUT2D eigenvalue weighted by molar-refractivity contribution is -0.274. The fourth-order valence-electron chi connectivity index (χ4n) is 4.43. The summed E-state index contributed by atoms with van der Waals surface area (Å²) in [6.07, 6.45) is -1.09. The molecule has 1 heterocycles. The molecule has 0 amide bonds. The smallest absolute Gasteiger partial charge is 0.406 e. The predicted octanol–water partition coefficient (Wildman–Crippen LogP) is 5.81. The number of benzene rings is 2. The molecule has 10 heteroatoms. The number of nitrogens with two attached hydrogens (primary N) is 1. The molecule has 0 radical (unpaired) electrons. The van der Waals surface area contributed by atoms with E-state index in [9.17, 15) is 21.6 Å². The van der Waals surface area contributed by atoms with Gasteiger partial charge in [0.15, 0.2) is 0 Å². The first-order valence-corrected chi connectivity index (χ1v) is 12.3. The molecule has 5 rings (SSSR count). The highest BCUT2D eigenvalue weighted by Gasteiger charge is 2.53. The van der Waals surface area contributed by atoms with Crippen molar-refractivity contribution in [2.45, 2.75) is 56.2 Å². The lowest BCUT2D eigenvalue weighted by Gasteiger charge is -2.16. The molecule has 2 saturated carbocycles. The monoisotopic (exact) mass is 479 g/mol. The second kappa shape index (κ2) is 7.31. The Hall–Kier alpha value is -2.88. The first-order chi connectivity index (χ1) is 15.5. The van der Waals surface area contributed by atoms with Crippen LogP contribution in [0.1, 0.15) is 45.1 Å². The number of sulfonamides is 1. The third kappa shape index (κ3) is 3.90. The number of nitrogen functional groups attached to an aromatic ring is 1. The Morgan fingerprint density at radius 1 is 1.15 bits per heavy atom. The number of hydrogen-bond acceptors (Lipinski definition) is 4. The quantitative estimate of drug-likeness (QED) is 0.448. The van der Waals surface area contributed by atoms with Gasteiger partial charge in [0.1, 0.15) is 5.75 Å². The second-order valence-corrected chi connectivity index (χ2v) is 10.9. The Bertz CT molecular complexity index is 1320. The number of hydrogen-bond donors (Lipinski definition) is 2. The van der Waals surface area contributed by atoms with Crippen LogP contribution in [0.4, 0.5) is 24.5 Å². The van der Waals surface area contributed by atoms with Gasteiger partial charge in [-0.2, -0.15) is 0 Å². The Morgan fingerprint density at radius 2 is 1.82 bits per heavy atom. The zero-order valence-electron chi connectivity index (χ0n) is 17.9. The van der Waals surface area contributed by atoms with Crippen molar-refractivity contribution in [3.8, 4) is 17.0 Å². The van der Waals surface area contributed by atoms with Crippen molar-refractivity contribution < 1.29 is 26.3 Å². The van der Waals surface area contributed by atoms with Crippen molar-refractivity contribution in [1.82, 2.24) is 4.57 Å². The second-order valence-electron chi connectivity index (χ2n) is 8.81. The van der Waals surface area contributed by atoms with Crippen molar-refractivity contribution in [2.75, 3.05) is 10.5 Å². The number of ether oxygens (including phenoxy) is 1. The van der Waals surface area contributed by atoms with E-state index >= 15 is 0 Å². The third-order valence-corrected chi connectivity index (χ3v) is 8.93. The van der Waals surface area contributed by atoms with Gasteiger partial charge in [0.2, 0.25) is 10.0 Å². The number of alkyl halides is 3. The molecule has 0 saturated heterocycles. The third-order valence-electron chi connectivity index (χ3n) is 6.59. The molecule has 0 aliphatic heterocycles. The largest absolute Gasteiger partial charge is 0.573 e. The van der Waals surface area contributed by atoms with E-state index in [1.165, 1.54) is 18.2 Å². The van der Waals surface area contributed by atoms with Gasteiger partial charge in [-0.15, -0.1) is 13.2 Å². The van der Waals surface area contributed by atoms with Crippen LogP contribution in [0, 0.1) is 0 Å². The summed E-state index contributed by atoms with van der Waals surface area (Å²) >= 11 is 0. The average molecular weight is 480 g/mol. The molecule has 33 heavy (non-hydrogen) atoms. The number of halogens is 3. The molecule has 2 aromatic carbocycles. The van der Waals surface area contributed by atoms with E-state index in [4.69, 9.17) is 5.73 Å². The summed E-state index contributed by atoms with van der Waals surface area (Å²) in [7, 11) is -3.48. The fourth-order valence-corrected chi connectivity index (χ4v) is 6.11. The van der Waals surface area contributed by atoms with Gasteiger partial charge in [-0.25, -0.2) is 8.42 Å². The average Bonchev–Trinajstić information content (AvgIpc) is 3.65. The van der Waals surface area contributed by atoms with Gasteiger partial charge in [-0.1, -0.05) is 19.1 Å². The van der Waals surface area contributed by atoms with Crippen molar-refractivity contribution in [2.24, 2.45) is 0 Å². The molecular formula is C23H24F3N3O3S. The minimum atomic E-state index is -4.78. The van der Waals surface area contributed by atoms with Gasteiger partial charge < -0.3 is 15.0 Å². The van der Waals surface area contributed by atoms with Crippen LogP contribution < -0.4 is 15.2 Å². The van der Waals surface area contributed by atoms with Gasteiger partial charge in [0, 0.05) is 28.7 Å². The van der Waals surface area contributed by atoms with Gasteiger partial charge in [0.25, 0.3) is 0 Å². The minimum absolute atomic E-state index is 0.137. The summed E-state index contributed by atoms with van der Waals surface area (Å²) in [5.74, 6) is -0.296. The Kier molecular flexibility index (Phi) is 4.86. The molecule has 6 nitrogen and oxygen atoms in total. The van der Waals surface area contributed by atoms with E-state index < -0.39 is 21.1 Å². The number of nitrogens with zero attached hydrogens (tertiary/aromatic N) is 1. The van der Waals surface area contributed by atoms with Crippen LogP contribution in [0.3, 0.4) is 0 Å². The maximum atomic E-state index is 12.7. The molecule has 3 N–H and O–H groups in total. The highest BCUT2D eigenvalue weighted by Crippen LogP contribution is 2.48. The van der Waals surface area contributed by atoms with Crippen LogP contribution >= 0.6 is 0 Å². The highest BCUT2D eigenvalue weighted by molar-refractivity contribution is 7.94. The van der Waals surface area contributed by atoms with Crippen molar-refractivity contribution in [3.63, 3.8) is 0 Å². The molecule has 1 aromatic heterocycles. The van der Waals surface area contributed by atoms with E-state index in [2.05, 4.69) is 9.46 Å². The molecular weight excluding hydrogens is 455 g/mol. The summed E-state index contributed by atoms with van der Waals surface area (Å²) in [6, 6.07) is 11.2. The number of rotatable bonds is 7. The zero-order valence-corrected chi connectivity index (χ0v) is 18.8. The number of nitrogens with one attached hydrogen (secondary N) is 1. The summed E-state index contributed by atoms with van der Waals surface area (Å²) < 4.78 is 71.6. The Labute approximate surface area is 189 Å². The molecule has 2 fully saturated rings. The maximum Gasteiger partial charge on any atom is 0.573 e. The lowest BCUT2D eigenvalue weighted by Crippen LogP contribution is -2.28. The fraction of sp³-hybridized carbons (Fsp3) is 0.391. The maximum absolute atomic E-state index is 12.7. The summed E-state index contributed by atoms with van der Waals surface area (Å²) in [5.41, 5.74) is 9.42. The SMILES string of the molecule is CCC1(S(=O)(=O)Nc2ccc(-c3c(N)c4ccc(OC(F)(F)F)cc4n3C3CC3)cc2)CC1. The number of fused-ring (bicyclic) bond motifs is 1. The van der Waals surface area contributed by atoms with Crippen LogP contribution in [0.25, 0.3) is 22.2 Å². The van der Waals surface area contributed by atoms with Crippen molar-refractivity contribution >= 4 is 32.3 Å². The Balaban J connectivity index is 1.52.